The maximum atomic E-state index is 12.6. The molecule has 1 aromatic rings. The Morgan fingerprint density at radius 1 is 0.857 bits per heavy atom. The number of methoxy groups -OCH3 is 2. The van der Waals surface area contributed by atoms with Crippen molar-refractivity contribution in [3.8, 4) is 0 Å². The minimum absolute atomic E-state index is 0.0600. The Labute approximate surface area is 161 Å². The summed E-state index contributed by atoms with van der Waals surface area (Å²) < 4.78 is 20.1. The number of carbonyl (C=O) groups excluding carboxylic acids is 4. The van der Waals surface area contributed by atoms with Crippen LogP contribution in [0.15, 0.2) is 53.5 Å². The minimum Gasteiger partial charge on any atom is -0.468 e. The van der Waals surface area contributed by atoms with Gasteiger partial charge in [-0.2, -0.15) is 0 Å². The van der Waals surface area contributed by atoms with E-state index in [0.717, 1.165) is 19.9 Å². The van der Waals surface area contributed by atoms with Crippen LogP contribution in [0.25, 0.3) is 0 Å². The number of carbonyl (C=O) groups is 4. The maximum Gasteiger partial charge on any atom is 0.338 e. The Bertz CT molecular complexity index is 850. The molecule has 8 heteroatoms. The van der Waals surface area contributed by atoms with Crippen molar-refractivity contribution in [3.63, 3.8) is 0 Å². The lowest BCUT2D eigenvalue weighted by Crippen LogP contribution is -2.34. The second-order valence-electron chi connectivity index (χ2n) is 5.89. The molecule has 2 unspecified atom stereocenters. The highest BCUT2D eigenvalue weighted by molar-refractivity contribution is 5.95. The summed E-state index contributed by atoms with van der Waals surface area (Å²) in [7, 11) is 2.35. The summed E-state index contributed by atoms with van der Waals surface area (Å²) in [5, 5.41) is 0. The molecule has 0 saturated heterocycles. The van der Waals surface area contributed by atoms with E-state index >= 15 is 0 Å². The Balaban J connectivity index is 2.80. The van der Waals surface area contributed by atoms with Crippen molar-refractivity contribution >= 4 is 23.9 Å². The predicted molar refractivity (Wildman–Crippen MR) is 95.3 cm³/mol. The lowest BCUT2D eigenvalue weighted by atomic mass is 9.75. The normalized spacial score (nSPS) is 18.6. The number of benzene rings is 1. The maximum absolute atomic E-state index is 12.6. The van der Waals surface area contributed by atoms with Gasteiger partial charge < -0.3 is 18.9 Å². The third-order valence-electron chi connectivity index (χ3n) is 4.02. The summed E-state index contributed by atoms with van der Waals surface area (Å²) in [5.74, 6) is -5.29. The highest BCUT2D eigenvalue weighted by atomic mass is 16.6. The first kappa shape index (κ1) is 20.9. The lowest BCUT2D eigenvalue weighted by molar-refractivity contribution is -0.148. The molecule has 0 saturated carbocycles. The summed E-state index contributed by atoms with van der Waals surface area (Å²) >= 11 is 0. The smallest absolute Gasteiger partial charge is 0.338 e. The fraction of sp³-hybridized carbons (Fsp3) is 0.300. The Morgan fingerprint density at radius 3 is 1.96 bits per heavy atom. The van der Waals surface area contributed by atoms with E-state index in [1.54, 1.807) is 30.3 Å². The molecule has 2 atom stereocenters. The lowest BCUT2D eigenvalue weighted by Gasteiger charge is -2.32. The summed E-state index contributed by atoms with van der Waals surface area (Å²) in [5.41, 5.74) is 0.482. The van der Waals surface area contributed by atoms with E-state index in [2.05, 4.69) is 0 Å². The molecule has 0 spiro atoms. The van der Waals surface area contributed by atoms with Crippen LogP contribution in [0.1, 0.15) is 25.3 Å². The molecule has 8 nitrogen and oxygen atoms in total. The molecule has 1 aliphatic rings. The van der Waals surface area contributed by atoms with Crippen molar-refractivity contribution in [2.75, 3.05) is 14.2 Å². The topological polar surface area (TPSA) is 105 Å². The number of esters is 4. The molecule has 0 radical (unpaired) electrons. The molecule has 1 aromatic carbocycles. The summed E-state index contributed by atoms with van der Waals surface area (Å²) in [6, 6.07) is 8.57. The molecule has 0 heterocycles. The number of hydrogen-bond donors (Lipinski definition) is 0. The molecule has 1 aliphatic carbocycles. The highest BCUT2D eigenvalue weighted by Gasteiger charge is 2.45. The SMILES string of the molecule is COC(=O)C1=C(OC(C)=O)C=C(OC(C)=O)C(C(=O)OC)C1c1ccccc1. The molecule has 0 N–H and O–H groups in total. The fourth-order valence-electron chi connectivity index (χ4n) is 3.02. The van der Waals surface area contributed by atoms with Crippen LogP contribution >= 0.6 is 0 Å². The zero-order valence-electron chi connectivity index (χ0n) is 15.9. The summed E-state index contributed by atoms with van der Waals surface area (Å²) in [6.45, 7) is 2.32. The average molecular weight is 388 g/mol. The minimum atomic E-state index is -1.16. The van der Waals surface area contributed by atoms with Gasteiger partial charge in [-0.25, -0.2) is 4.79 Å². The van der Waals surface area contributed by atoms with Crippen LogP contribution in [0.5, 0.6) is 0 Å². The van der Waals surface area contributed by atoms with Crippen LogP contribution in [-0.2, 0) is 38.1 Å². The third-order valence-corrected chi connectivity index (χ3v) is 4.02. The van der Waals surface area contributed by atoms with Crippen LogP contribution < -0.4 is 0 Å². The molecule has 0 bridgehead atoms. The zero-order valence-corrected chi connectivity index (χ0v) is 15.9. The highest BCUT2D eigenvalue weighted by Crippen LogP contribution is 2.43. The van der Waals surface area contributed by atoms with E-state index in [9.17, 15) is 19.2 Å². The average Bonchev–Trinajstić information content (AvgIpc) is 2.66. The largest absolute Gasteiger partial charge is 0.468 e. The van der Waals surface area contributed by atoms with Gasteiger partial charge >= 0.3 is 23.9 Å². The quantitative estimate of drug-likeness (QED) is 0.557. The number of allylic oxidation sites excluding steroid dienone is 1. The van der Waals surface area contributed by atoms with Gasteiger partial charge in [0.15, 0.2) is 0 Å². The molecule has 2 rings (SSSR count). The van der Waals surface area contributed by atoms with Gasteiger partial charge in [0.05, 0.1) is 19.8 Å². The van der Waals surface area contributed by atoms with E-state index in [0.29, 0.717) is 5.56 Å². The number of rotatable bonds is 5. The van der Waals surface area contributed by atoms with Gasteiger partial charge in [-0.3, -0.25) is 14.4 Å². The standard InChI is InChI=1S/C20H20O8/c1-11(21)27-14-10-15(28-12(2)22)18(20(24)26-4)16(17(14)19(23)25-3)13-8-6-5-7-9-13/h5-10,16-17H,1-4H3. The van der Waals surface area contributed by atoms with Crippen LogP contribution in [-0.4, -0.2) is 38.1 Å². The van der Waals surface area contributed by atoms with Crippen molar-refractivity contribution in [2.24, 2.45) is 5.92 Å². The van der Waals surface area contributed by atoms with Crippen molar-refractivity contribution in [1.29, 1.82) is 0 Å². The zero-order chi connectivity index (χ0) is 20.8. The molecular weight excluding hydrogens is 368 g/mol. The van der Waals surface area contributed by atoms with Crippen molar-refractivity contribution in [1.82, 2.24) is 0 Å². The van der Waals surface area contributed by atoms with Crippen molar-refractivity contribution in [3.05, 3.63) is 59.1 Å². The molecule has 0 amide bonds. The second-order valence-corrected chi connectivity index (χ2v) is 5.89. The van der Waals surface area contributed by atoms with Crippen molar-refractivity contribution in [2.45, 2.75) is 19.8 Å². The molecular formula is C20H20O8. The predicted octanol–water partition coefficient (Wildman–Crippen LogP) is 2.01. The van der Waals surface area contributed by atoms with Crippen LogP contribution in [0.3, 0.4) is 0 Å². The van der Waals surface area contributed by atoms with Gasteiger partial charge in [-0.1, -0.05) is 30.3 Å². The van der Waals surface area contributed by atoms with E-state index < -0.39 is 35.7 Å². The van der Waals surface area contributed by atoms with Crippen LogP contribution in [0.2, 0.25) is 0 Å². The first-order valence-corrected chi connectivity index (χ1v) is 8.33. The Hall–Kier alpha value is -3.42. The first-order valence-electron chi connectivity index (χ1n) is 8.33. The number of hydrogen-bond acceptors (Lipinski definition) is 8. The van der Waals surface area contributed by atoms with E-state index in [-0.39, 0.29) is 17.1 Å². The van der Waals surface area contributed by atoms with Gasteiger partial charge in [-0.05, 0) is 5.56 Å². The van der Waals surface area contributed by atoms with Gasteiger partial charge in [0.1, 0.15) is 17.4 Å². The Kier molecular flexibility index (Phi) is 6.70. The van der Waals surface area contributed by atoms with Gasteiger partial charge in [0.25, 0.3) is 0 Å². The van der Waals surface area contributed by atoms with E-state index in [1.807, 2.05) is 0 Å². The molecule has 28 heavy (non-hydrogen) atoms. The molecule has 0 fully saturated rings. The van der Waals surface area contributed by atoms with E-state index in [4.69, 9.17) is 18.9 Å². The van der Waals surface area contributed by atoms with Crippen LogP contribution in [0, 0.1) is 5.92 Å². The first-order chi connectivity index (χ1) is 13.3. The number of ether oxygens (including phenoxy) is 4. The fourth-order valence-corrected chi connectivity index (χ4v) is 3.02. The monoisotopic (exact) mass is 388 g/mol. The third kappa shape index (κ3) is 4.46. The van der Waals surface area contributed by atoms with E-state index in [1.165, 1.54) is 14.2 Å². The summed E-state index contributed by atoms with van der Waals surface area (Å²) in [6.07, 6.45) is 1.16. The Morgan fingerprint density at radius 2 is 1.46 bits per heavy atom. The van der Waals surface area contributed by atoms with Gasteiger partial charge in [0, 0.05) is 25.8 Å². The molecule has 0 aromatic heterocycles. The van der Waals surface area contributed by atoms with Gasteiger partial charge in [-0.15, -0.1) is 0 Å². The van der Waals surface area contributed by atoms with Crippen molar-refractivity contribution < 1.29 is 38.1 Å². The molecule has 148 valence electrons. The molecule has 0 aliphatic heterocycles. The van der Waals surface area contributed by atoms with Crippen LogP contribution in [0.4, 0.5) is 0 Å². The summed E-state index contributed by atoms with van der Waals surface area (Å²) in [4.78, 5) is 48.3. The second kappa shape index (κ2) is 8.98. The van der Waals surface area contributed by atoms with Gasteiger partial charge in [0.2, 0.25) is 0 Å².